The number of nitrogens with zero attached hydrogens (tertiary/aromatic N) is 1. The van der Waals surface area contributed by atoms with Crippen LogP contribution in [-0.4, -0.2) is 29.2 Å². The van der Waals surface area contributed by atoms with E-state index < -0.39 is 18.0 Å². The van der Waals surface area contributed by atoms with E-state index in [4.69, 9.17) is 5.11 Å². The van der Waals surface area contributed by atoms with Crippen LogP contribution in [0.1, 0.15) is 13.8 Å². The zero-order chi connectivity index (χ0) is 13.0. The van der Waals surface area contributed by atoms with Crippen molar-refractivity contribution in [3.63, 3.8) is 0 Å². The van der Waals surface area contributed by atoms with Gasteiger partial charge in [-0.15, -0.1) is 0 Å². The van der Waals surface area contributed by atoms with Gasteiger partial charge in [0.1, 0.15) is 0 Å². The van der Waals surface area contributed by atoms with Gasteiger partial charge in [-0.1, -0.05) is 26.0 Å². The molecule has 1 heterocycles. The smallest absolute Gasteiger partial charge is 0.417 e. The molecule has 1 unspecified atom stereocenters. The third kappa shape index (κ3) is 3.09. The summed E-state index contributed by atoms with van der Waals surface area (Å²) in [4.78, 5) is 23.6. The van der Waals surface area contributed by atoms with Crippen LogP contribution in [0, 0.1) is 17.8 Å². The fraction of sp³-hybridized carbons (Fsp3) is 0.500. The number of amides is 1. The first-order chi connectivity index (χ1) is 7.97. The van der Waals surface area contributed by atoms with Crippen LogP contribution in [0.5, 0.6) is 0 Å². The maximum atomic E-state index is 11.2. The molecule has 0 aromatic rings. The Kier molecular flexibility index (Phi) is 4.31. The Bertz CT molecular complexity index is 346. The van der Waals surface area contributed by atoms with Crippen LogP contribution < -0.4 is 0 Å². The van der Waals surface area contributed by atoms with E-state index in [1.54, 1.807) is 12.2 Å². The average molecular weight is 239 g/mol. The minimum atomic E-state index is -0.828. The molecule has 0 radical (unpaired) electrons. The molecule has 0 bridgehead atoms. The van der Waals surface area contributed by atoms with Crippen LogP contribution in [0.4, 0.5) is 4.79 Å². The van der Waals surface area contributed by atoms with Gasteiger partial charge >= 0.3 is 12.1 Å². The van der Waals surface area contributed by atoms with E-state index in [-0.39, 0.29) is 11.8 Å². The lowest BCUT2D eigenvalue weighted by molar-refractivity contribution is -0.144. The Balaban J connectivity index is 2.76. The predicted octanol–water partition coefficient (Wildman–Crippen LogP) is 2.07. The summed E-state index contributed by atoms with van der Waals surface area (Å²) in [5.41, 5.74) is 0. The molecule has 1 amide bonds. The number of aliphatic carboxylic acids is 1. The Labute approximate surface area is 100 Å². The SMILES string of the molecule is COC(=O)N1C=CC(C(C(=O)O)C(C)C)C=C1. The molecule has 5 nitrogen and oxygen atoms in total. The number of hydrogen-bond acceptors (Lipinski definition) is 3. The fourth-order valence-electron chi connectivity index (χ4n) is 1.86. The largest absolute Gasteiger partial charge is 0.481 e. The van der Waals surface area contributed by atoms with Crippen molar-refractivity contribution in [1.82, 2.24) is 4.90 Å². The number of hydrogen-bond donors (Lipinski definition) is 1. The Morgan fingerprint density at radius 1 is 1.29 bits per heavy atom. The highest BCUT2D eigenvalue weighted by atomic mass is 16.5. The summed E-state index contributed by atoms with van der Waals surface area (Å²) in [6.45, 7) is 3.74. The van der Waals surface area contributed by atoms with Gasteiger partial charge in [-0.2, -0.15) is 0 Å². The predicted molar refractivity (Wildman–Crippen MR) is 62.0 cm³/mol. The molecular formula is C12H17NO4. The summed E-state index contributed by atoms with van der Waals surface area (Å²) in [5.74, 6) is -1.49. The highest BCUT2D eigenvalue weighted by molar-refractivity contribution is 5.72. The molecular weight excluding hydrogens is 222 g/mol. The molecule has 0 aliphatic carbocycles. The molecule has 5 heteroatoms. The van der Waals surface area contributed by atoms with Gasteiger partial charge in [0.05, 0.1) is 13.0 Å². The molecule has 0 aromatic heterocycles. The van der Waals surface area contributed by atoms with E-state index in [1.165, 1.54) is 24.4 Å². The van der Waals surface area contributed by atoms with Gasteiger partial charge in [-0.05, 0) is 5.92 Å². The van der Waals surface area contributed by atoms with Gasteiger partial charge in [0.2, 0.25) is 0 Å². The number of carboxylic acids is 1. The summed E-state index contributed by atoms with van der Waals surface area (Å²) in [5, 5.41) is 9.14. The second kappa shape index (κ2) is 5.52. The minimum absolute atomic E-state index is 0.0245. The van der Waals surface area contributed by atoms with E-state index in [2.05, 4.69) is 4.74 Å². The molecule has 0 aromatic carbocycles. The molecule has 1 N–H and O–H groups in total. The Morgan fingerprint density at radius 2 is 1.82 bits per heavy atom. The molecule has 0 spiro atoms. The highest BCUT2D eigenvalue weighted by Crippen LogP contribution is 2.26. The summed E-state index contributed by atoms with van der Waals surface area (Å²) >= 11 is 0. The molecule has 1 aliphatic rings. The lowest BCUT2D eigenvalue weighted by Gasteiger charge is -2.25. The molecule has 94 valence electrons. The zero-order valence-electron chi connectivity index (χ0n) is 10.2. The Hall–Kier alpha value is -1.78. The van der Waals surface area contributed by atoms with Crippen molar-refractivity contribution in [2.45, 2.75) is 13.8 Å². The zero-order valence-corrected chi connectivity index (χ0v) is 10.2. The van der Waals surface area contributed by atoms with E-state index in [1.807, 2.05) is 13.8 Å². The number of ether oxygens (including phenoxy) is 1. The first-order valence-corrected chi connectivity index (χ1v) is 5.43. The quantitative estimate of drug-likeness (QED) is 0.818. The summed E-state index contributed by atoms with van der Waals surface area (Å²) < 4.78 is 4.55. The van der Waals surface area contributed by atoms with Crippen molar-refractivity contribution in [2.24, 2.45) is 17.8 Å². The van der Waals surface area contributed by atoms with Gasteiger partial charge in [0.15, 0.2) is 0 Å². The van der Waals surface area contributed by atoms with Gasteiger partial charge in [-0.25, -0.2) is 4.79 Å². The van der Waals surface area contributed by atoms with Crippen molar-refractivity contribution < 1.29 is 19.4 Å². The van der Waals surface area contributed by atoms with Crippen molar-refractivity contribution in [1.29, 1.82) is 0 Å². The lowest BCUT2D eigenvalue weighted by atomic mass is 9.82. The summed E-state index contributed by atoms with van der Waals surface area (Å²) in [6.07, 6.45) is 5.99. The third-order valence-electron chi connectivity index (χ3n) is 2.74. The van der Waals surface area contributed by atoms with Gasteiger partial charge in [0, 0.05) is 18.3 Å². The standard InChI is InChI=1S/C12H17NO4/c1-8(2)10(11(14)15)9-4-6-13(7-5-9)12(16)17-3/h4-10H,1-3H3,(H,14,15). The van der Waals surface area contributed by atoms with Crippen molar-refractivity contribution in [3.8, 4) is 0 Å². The number of carbonyl (C=O) groups excluding carboxylic acids is 1. The first kappa shape index (κ1) is 13.3. The number of carboxylic acid groups (broad SMARTS) is 1. The molecule has 0 fully saturated rings. The molecule has 1 atom stereocenters. The minimum Gasteiger partial charge on any atom is -0.481 e. The maximum Gasteiger partial charge on any atom is 0.417 e. The number of carbonyl (C=O) groups is 2. The molecule has 17 heavy (non-hydrogen) atoms. The van der Waals surface area contributed by atoms with Crippen LogP contribution in [0.25, 0.3) is 0 Å². The second-order valence-electron chi connectivity index (χ2n) is 4.25. The van der Waals surface area contributed by atoms with Crippen LogP contribution >= 0.6 is 0 Å². The normalized spacial score (nSPS) is 17.3. The second-order valence-corrected chi connectivity index (χ2v) is 4.25. The monoisotopic (exact) mass is 239 g/mol. The van der Waals surface area contributed by atoms with Gasteiger partial charge < -0.3 is 9.84 Å². The van der Waals surface area contributed by atoms with Crippen molar-refractivity contribution >= 4 is 12.1 Å². The summed E-state index contributed by atoms with van der Waals surface area (Å²) in [6, 6.07) is 0. The number of rotatable bonds is 3. The van der Waals surface area contributed by atoms with E-state index in [0.29, 0.717) is 0 Å². The average Bonchev–Trinajstić information content (AvgIpc) is 2.28. The fourth-order valence-corrected chi connectivity index (χ4v) is 1.86. The Morgan fingerprint density at radius 3 is 2.18 bits per heavy atom. The van der Waals surface area contributed by atoms with Crippen LogP contribution in [0.15, 0.2) is 24.6 Å². The maximum absolute atomic E-state index is 11.2. The van der Waals surface area contributed by atoms with E-state index in [0.717, 1.165) is 0 Å². The van der Waals surface area contributed by atoms with E-state index in [9.17, 15) is 9.59 Å². The first-order valence-electron chi connectivity index (χ1n) is 5.43. The number of allylic oxidation sites excluding steroid dienone is 2. The highest BCUT2D eigenvalue weighted by Gasteiger charge is 2.29. The van der Waals surface area contributed by atoms with Gasteiger partial charge in [-0.3, -0.25) is 9.69 Å². The van der Waals surface area contributed by atoms with Crippen LogP contribution in [0.3, 0.4) is 0 Å². The topological polar surface area (TPSA) is 66.8 Å². The van der Waals surface area contributed by atoms with Gasteiger partial charge in [0.25, 0.3) is 0 Å². The van der Waals surface area contributed by atoms with Crippen LogP contribution in [0.2, 0.25) is 0 Å². The molecule has 1 rings (SSSR count). The van der Waals surface area contributed by atoms with Crippen molar-refractivity contribution in [3.05, 3.63) is 24.6 Å². The van der Waals surface area contributed by atoms with Crippen molar-refractivity contribution in [2.75, 3.05) is 7.11 Å². The van der Waals surface area contributed by atoms with E-state index >= 15 is 0 Å². The summed E-state index contributed by atoms with van der Waals surface area (Å²) in [7, 11) is 1.30. The molecule has 0 saturated heterocycles. The van der Waals surface area contributed by atoms with Crippen LogP contribution in [-0.2, 0) is 9.53 Å². The number of methoxy groups -OCH3 is 1. The molecule has 1 aliphatic heterocycles. The third-order valence-corrected chi connectivity index (χ3v) is 2.74. The molecule has 0 saturated carbocycles. The lowest BCUT2D eigenvalue weighted by Crippen LogP contribution is -2.30.